The Hall–Kier alpha value is -1.91. The molecular weight excluding hydrogens is 201 g/mol. The van der Waals surface area contributed by atoms with E-state index >= 15 is 0 Å². The molecule has 5 heteroatoms. The number of pyridine rings is 1. The molecule has 0 spiro atoms. The van der Waals surface area contributed by atoms with E-state index in [-0.39, 0.29) is 11.4 Å². The number of halogens is 1. The molecular formula is C10H10FNO3. The molecule has 0 unspecified atom stereocenters. The van der Waals surface area contributed by atoms with Crippen LogP contribution in [0.15, 0.2) is 18.3 Å². The first kappa shape index (κ1) is 11.2. The van der Waals surface area contributed by atoms with Gasteiger partial charge in [-0.05, 0) is 6.08 Å². The molecule has 0 saturated carbocycles. The molecule has 0 fully saturated rings. The van der Waals surface area contributed by atoms with Crippen molar-refractivity contribution in [2.24, 2.45) is 0 Å². The number of ether oxygens (including phenoxy) is 2. The van der Waals surface area contributed by atoms with Gasteiger partial charge in [-0.15, -0.1) is 0 Å². The summed E-state index contributed by atoms with van der Waals surface area (Å²) in [5.41, 5.74) is 0.215. The molecule has 0 aromatic carbocycles. The molecule has 15 heavy (non-hydrogen) atoms. The second-order valence-electron chi connectivity index (χ2n) is 2.60. The van der Waals surface area contributed by atoms with Gasteiger partial charge in [0, 0.05) is 17.7 Å². The Morgan fingerprint density at radius 3 is 2.87 bits per heavy atom. The third-order valence-corrected chi connectivity index (χ3v) is 1.67. The topological polar surface area (TPSA) is 48.4 Å². The van der Waals surface area contributed by atoms with Gasteiger partial charge in [0.05, 0.1) is 20.4 Å². The van der Waals surface area contributed by atoms with Crippen molar-refractivity contribution in [2.75, 3.05) is 14.2 Å². The van der Waals surface area contributed by atoms with Crippen LogP contribution in [0.5, 0.6) is 5.88 Å². The van der Waals surface area contributed by atoms with Gasteiger partial charge < -0.3 is 9.47 Å². The summed E-state index contributed by atoms with van der Waals surface area (Å²) in [5.74, 6) is -0.804. The van der Waals surface area contributed by atoms with Gasteiger partial charge in [0.2, 0.25) is 5.88 Å². The van der Waals surface area contributed by atoms with Gasteiger partial charge in [0.15, 0.2) is 0 Å². The summed E-state index contributed by atoms with van der Waals surface area (Å²) in [6, 6.07) is 1.38. The van der Waals surface area contributed by atoms with E-state index in [1.165, 1.54) is 26.4 Å². The highest BCUT2D eigenvalue weighted by molar-refractivity contribution is 5.86. The van der Waals surface area contributed by atoms with Crippen molar-refractivity contribution in [3.05, 3.63) is 29.7 Å². The number of rotatable bonds is 3. The Labute approximate surface area is 86.3 Å². The normalized spacial score (nSPS) is 10.3. The van der Waals surface area contributed by atoms with Gasteiger partial charge in [0.25, 0.3) is 0 Å². The van der Waals surface area contributed by atoms with Gasteiger partial charge >= 0.3 is 5.97 Å². The van der Waals surface area contributed by atoms with Crippen LogP contribution in [0.3, 0.4) is 0 Å². The Kier molecular flexibility index (Phi) is 3.79. The molecule has 0 aliphatic heterocycles. The summed E-state index contributed by atoms with van der Waals surface area (Å²) in [6.07, 6.45) is 3.44. The van der Waals surface area contributed by atoms with Crippen LogP contribution in [0.1, 0.15) is 5.56 Å². The zero-order valence-electron chi connectivity index (χ0n) is 8.36. The van der Waals surface area contributed by atoms with Crippen molar-refractivity contribution in [1.82, 2.24) is 4.98 Å². The molecule has 80 valence electrons. The smallest absolute Gasteiger partial charge is 0.330 e. The second kappa shape index (κ2) is 5.09. The number of esters is 1. The molecule has 0 N–H and O–H groups in total. The second-order valence-corrected chi connectivity index (χ2v) is 2.60. The van der Waals surface area contributed by atoms with Gasteiger partial charge in [-0.2, -0.15) is 0 Å². The number of hydrogen-bond donors (Lipinski definition) is 0. The van der Waals surface area contributed by atoms with Crippen molar-refractivity contribution in [3.8, 4) is 5.88 Å². The van der Waals surface area contributed by atoms with Gasteiger partial charge in [-0.25, -0.2) is 14.2 Å². The molecule has 1 aromatic rings. The zero-order chi connectivity index (χ0) is 11.3. The quantitative estimate of drug-likeness (QED) is 0.560. The predicted octanol–water partition coefficient (Wildman–Crippen LogP) is 1.42. The first-order chi connectivity index (χ1) is 7.17. The van der Waals surface area contributed by atoms with Crippen LogP contribution in [0.2, 0.25) is 0 Å². The standard InChI is InChI=1S/C10H10FNO3/c1-14-9-5-7(8(11)6-12-9)3-4-10(13)15-2/h3-6H,1-2H3. The summed E-state index contributed by atoms with van der Waals surface area (Å²) in [7, 11) is 2.67. The van der Waals surface area contributed by atoms with Crippen molar-refractivity contribution >= 4 is 12.0 Å². The number of methoxy groups -OCH3 is 2. The average Bonchev–Trinajstić information content (AvgIpc) is 2.27. The number of carbonyl (C=O) groups excluding carboxylic acids is 1. The highest BCUT2D eigenvalue weighted by atomic mass is 19.1. The fourth-order valence-electron chi connectivity index (χ4n) is 0.899. The maximum absolute atomic E-state index is 13.1. The van der Waals surface area contributed by atoms with Crippen LogP contribution in [-0.4, -0.2) is 25.2 Å². The monoisotopic (exact) mass is 211 g/mol. The minimum Gasteiger partial charge on any atom is -0.481 e. The SMILES string of the molecule is COC(=O)C=Cc1cc(OC)ncc1F. The molecule has 0 radical (unpaired) electrons. The van der Waals surface area contributed by atoms with E-state index in [0.717, 1.165) is 12.3 Å². The van der Waals surface area contributed by atoms with Gasteiger partial charge in [-0.3, -0.25) is 0 Å². The van der Waals surface area contributed by atoms with Gasteiger partial charge in [0.1, 0.15) is 5.82 Å². The van der Waals surface area contributed by atoms with Crippen molar-refractivity contribution in [2.45, 2.75) is 0 Å². The number of hydrogen-bond acceptors (Lipinski definition) is 4. The maximum Gasteiger partial charge on any atom is 0.330 e. The molecule has 0 amide bonds. The fraction of sp³-hybridized carbons (Fsp3) is 0.200. The lowest BCUT2D eigenvalue weighted by molar-refractivity contribution is -0.134. The van der Waals surface area contributed by atoms with Crippen LogP contribution in [0.4, 0.5) is 4.39 Å². The molecule has 0 atom stereocenters. The van der Waals surface area contributed by atoms with Crippen molar-refractivity contribution in [3.63, 3.8) is 0 Å². The summed E-state index contributed by atoms with van der Waals surface area (Å²) >= 11 is 0. The molecule has 0 bridgehead atoms. The Balaban J connectivity index is 2.93. The molecule has 0 saturated heterocycles. The summed E-state index contributed by atoms with van der Waals surface area (Å²) in [5, 5.41) is 0. The first-order valence-corrected chi connectivity index (χ1v) is 4.13. The Morgan fingerprint density at radius 1 is 1.53 bits per heavy atom. The highest BCUT2D eigenvalue weighted by Crippen LogP contribution is 2.14. The first-order valence-electron chi connectivity index (χ1n) is 4.13. The zero-order valence-corrected chi connectivity index (χ0v) is 8.36. The third-order valence-electron chi connectivity index (χ3n) is 1.67. The maximum atomic E-state index is 13.1. The molecule has 1 heterocycles. The molecule has 4 nitrogen and oxygen atoms in total. The highest BCUT2D eigenvalue weighted by Gasteiger charge is 2.02. The number of aromatic nitrogens is 1. The minimum atomic E-state index is -0.551. The van der Waals surface area contributed by atoms with E-state index in [2.05, 4.69) is 9.72 Å². The van der Waals surface area contributed by atoms with Gasteiger partial charge in [-0.1, -0.05) is 0 Å². The lowest BCUT2D eigenvalue weighted by Gasteiger charge is -2.00. The number of carbonyl (C=O) groups is 1. The summed E-state index contributed by atoms with van der Waals surface area (Å²) < 4.78 is 22.3. The van der Waals surface area contributed by atoms with Crippen LogP contribution < -0.4 is 4.74 Å². The van der Waals surface area contributed by atoms with E-state index in [4.69, 9.17) is 4.74 Å². The Morgan fingerprint density at radius 2 is 2.27 bits per heavy atom. The third kappa shape index (κ3) is 3.05. The molecule has 0 aliphatic rings. The van der Waals surface area contributed by atoms with E-state index in [1.54, 1.807) is 0 Å². The lowest BCUT2D eigenvalue weighted by atomic mass is 10.2. The van der Waals surface area contributed by atoms with Crippen LogP contribution in [0, 0.1) is 5.82 Å². The summed E-state index contributed by atoms with van der Waals surface area (Å²) in [6.45, 7) is 0. The van der Waals surface area contributed by atoms with Crippen molar-refractivity contribution in [1.29, 1.82) is 0 Å². The molecule has 1 aromatic heterocycles. The van der Waals surface area contributed by atoms with E-state index < -0.39 is 11.8 Å². The van der Waals surface area contributed by atoms with E-state index in [9.17, 15) is 9.18 Å². The van der Waals surface area contributed by atoms with Crippen molar-refractivity contribution < 1.29 is 18.7 Å². The van der Waals surface area contributed by atoms with E-state index in [0.29, 0.717) is 0 Å². The largest absolute Gasteiger partial charge is 0.481 e. The Bertz CT molecular complexity index is 390. The lowest BCUT2D eigenvalue weighted by Crippen LogP contribution is -1.95. The van der Waals surface area contributed by atoms with Crippen LogP contribution in [-0.2, 0) is 9.53 Å². The number of nitrogens with zero attached hydrogens (tertiary/aromatic N) is 1. The molecule has 1 rings (SSSR count). The summed E-state index contributed by atoms with van der Waals surface area (Å²) in [4.78, 5) is 14.4. The van der Waals surface area contributed by atoms with Crippen LogP contribution >= 0.6 is 0 Å². The average molecular weight is 211 g/mol. The van der Waals surface area contributed by atoms with Crippen LogP contribution in [0.25, 0.3) is 6.08 Å². The van der Waals surface area contributed by atoms with E-state index in [1.807, 2.05) is 0 Å². The molecule has 0 aliphatic carbocycles. The fourth-order valence-corrected chi connectivity index (χ4v) is 0.899. The minimum absolute atomic E-state index is 0.215. The predicted molar refractivity (Wildman–Crippen MR) is 51.8 cm³/mol.